The first-order chi connectivity index (χ1) is 19.0. The molecule has 1 N–H and O–H groups in total. The van der Waals surface area contributed by atoms with Crippen LogP contribution in [0.2, 0.25) is 0 Å². The number of rotatable bonds is 8. The fourth-order valence-electron chi connectivity index (χ4n) is 6.31. The molecule has 39 heavy (non-hydrogen) atoms. The summed E-state index contributed by atoms with van der Waals surface area (Å²) in [6, 6.07) is 11.6. The number of nitrogens with zero attached hydrogens (tertiary/aromatic N) is 3. The van der Waals surface area contributed by atoms with Crippen molar-refractivity contribution in [3.05, 3.63) is 60.7 Å². The van der Waals surface area contributed by atoms with Crippen LogP contribution in [0, 0.1) is 11.8 Å². The van der Waals surface area contributed by atoms with Gasteiger partial charge in [0.05, 0.1) is 25.2 Å². The maximum Gasteiger partial charge on any atom is 0.214 e. The van der Waals surface area contributed by atoms with Gasteiger partial charge in [-0.15, -0.1) is 0 Å². The van der Waals surface area contributed by atoms with Crippen molar-refractivity contribution < 1.29 is 17.9 Å². The molecule has 1 aliphatic carbocycles. The molecule has 1 atom stereocenters. The molecule has 1 saturated heterocycles. The summed E-state index contributed by atoms with van der Waals surface area (Å²) in [6.07, 6.45) is 11.3. The SMILES string of the molecule is COc1ccc(OCC2CCCN(S(=O)(=O)CC3CCC(c4nccc5cnc6[nH]ccc6c45)CC3)C2)cc1. The summed E-state index contributed by atoms with van der Waals surface area (Å²) in [5.74, 6) is 2.52. The third-order valence-electron chi connectivity index (χ3n) is 8.44. The smallest absolute Gasteiger partial charge is 0.214 e. The number of ether oxygens (including phenoxy) is 2. The standard InChI is InChI=1S/C30H36N4O4S/c1-37-25-8-10-26(11-9-25)38-19-22-3-2-16-34(18-22)39(35,36)20-21-4-6-23(7-5-21)29-28-24(12-14-31-29)17-33-30-27(28)13-15-32-30/h8-15,17,21-23H,2-7,16,18-20H2,1H3,(H,32,33). The summed E-state index contributed by atoms with van der Waals surface area (Å²) >= 11 is 0. The van der Waals surface area contributed by atoms with Gasteiger partial charge in [-0.1, -0.05) is 0 Å². The van der Waals surface area contributed by atoms with Crippen molar-refractivity contribution in [2.24, 2.45) is 11.8 Å². The van der Waals surface area contributed by atoms with Crippen LogP contribution in [0.25, 0.3) is 21.8 Å². The highest BCUT2D eigenvalue weighted by atomic mass is 32.2. The van der Waals surface area contributed by atoms with Crippen LogP contribution in [0.15, 0.2) is 55.0 Å². The Morgan fingerprint density at radius 3 is 2.56 bits per heavy atom. The Labute approximate surface area is 229 Å². The number of methoxy groups -OCH3 is 1. The lowest BCUT2D eigenvalue weighted by atomic mass is 9.80. The zero-order chi connectivity index (χ0) is 26.8. The molecular formula is C30H36N4O4S. The van der Waals surface area contributed by atoms with E-state index in [-0.39, 0.29) is 17.6 Å². The van der Waals surface area contributed by atoms with E-state index in [4.69, 9.17) is 14.5 Å². The Morgan fingerprint density at radius 2 is 1.77 bits per heavy atom. The zero-order valence-corrected chi connectivity index (χ0v) is 23.2. The number of fused-ring (bicyclic) bond motifs is 3. The minimum Gasteiger partial charge on any atom is -0.497 e. The van der Waals surface area contributed by atoms with E-state index in [0.29, 0.717) is 25.6 Å². The van der Waals surface area contributed by atoms with Gasteiger partial charge in [0, 0.05) is 59.7 Å². The van der Waals surface area contributed by atoms with Crippen LogP contribution in [0.1, 0.15) is 50.1 Å². The highest BCUT2D eigenvalue weighted by Crippen LogP contribution is 2.40. The van der Waals surface area contributed by atoms with Gasteiger partial charge in [0.2, 0.25) is 10.0 Å². The number of hydrogen-bond acceptors (Lipinski definition) is 6. The van der Waals surface area contributed by atoms with Gasteiger partial charge in [-0.3, -0.25) is 4.98 Å². The van der Waals surface area contributed by atoms with E-state index >= 15 is 0 Å². The lowest BCUT2D eigenvalue weighted by Crippen LogP contribution is -2.43. The number of aromatic amines is 1. The molecule has 1 unspecified atom stereocenters. The number of H-pyrrole nitrogens is 1. The number of benzene rings is 1. The van der Waals surface area contributed by atoms with Crippen molar-refractivity contribution >= 4 is 31.8 Å². The zero-order valence-electron chi connectivity index (χ0n) is 22.4. The topological polar surface area (TPSA) is 97.4 Å². The Kier molecular flexibility index (Phi) is 7.44. The number of piperidine rings is 1. The van der Waals surface area contributed by atoms with Crippen LogP contribution in [0.4, 0.5) is 0 Å². The summed E-state index contributed by atoms with van der Waals surface area (Å²) < 4.78 is 39.8. The van der Waals surface area contributed by atoms with Gasteiger partial charge in [-0.25, -0.2) is 17.7 Å². The van der Waals surface area contributed by atoms with Gasteiger partial charge < -0.3 is 14.5 Å². The molecule has 1 aromatic carbocycles. The van der Waals surface area contributed by atoms with Crippen molar-refractivity contribution in [2.75, 3.05) is 32.6 Å². The van der Waals surface area contributed by atoms with Crippen LogP contribution in [-0.4, -0.2) is 60.2 Å². The number of nitrogens with one attached hydrogen (secondary N) is 1. The van der Waals surface area contributed by atoms with Gasteiger partial charge in [-0.2, -0.15) is 0 Å². The lowest BCUT2D eigenvalue weighted by Gasteiger charge is -2.34. The van der Waals surface area contributed by atoms with Crippen molar-refractivity contribution in [2.45, 2.75) is 44.4 Å². The van der Waals surface area contributed by atoms with Crippen LogP contribution in [-0.2, 0) is 10.0 Å². The Morgan fingerprint density at radius 1 is 0.974 bits per heavy atom. The molecule has 2 fully saturated rings. The Hall–Kier alpha value is -3.17. The van der Waals surface area contributed by atoms with E-state index in [2.05, 4.69) is 16.0 Å². The molecule has 1 aliphatic heterocycles. The fourth-order valence-corrected chi connectivity index (χ4v) is 8.30. The van der Waals surface area contributed by atoms with Crippen molar-refractivity contribution in [3.63, 3.8) is 0 Å². The van der Waals surface area contributed by atoms with Gasteiger partial charge in [0.1, 0.15) is 17.1 Å². The molecule has 1 saturated carbocycles. The molecule has 0 spiro atoms. The summed E-state index contributed by atoms with van der Waals surface area (Å²) in [7, 11) is -1.67. The van der Waals surface area contributed by atoms with E-state index < -0.39 is 10.0 Å². The molecule has 206 valence electrons. The quantitative estimate of drug-likeness (QED) is 0.312. The van der Waals surface area contributed by atoms with Gasteiger partial charge in [0.25, 0.3) is 0 Å². The second kappa shape index (κ2) is 11.1. The number of pyridine rings is 2. The van der Waals surface area contributed by atoms with Crippen LogP contribution < -0.4 is 9.47 Å². The Balaban J connectivity index is 1.05. The maximum absolute atomic E-state index is 13.4. The van der Waals surface area contributed by atoms with E-state index in [1.165, 1.54) is 5.39 Å². The van der Waals surface area contributed by atoms with Gasteiger partial charge in [0.15, 0.2) is 0 Å². The van der Waals surface area contributed by atoms with E-state index in [1.54, 1.807) is 11.4 Å². The van der Waals surface area contributed by atoms with Crippen LogP contribution in [0.5, 0.6) is 11.5 Å². The molecule has 3 aromatic heterocycles. The third-order valence-corrected chi connectivity index (χ3v) is 10.5. The molecule has 0 amide bonds. The minimum atomic E-state index is -3.31. The normalized spacial score (nSPS) is 22.7. The highest BCUT2D eigenvalue weighted by Gasteiger charge is 2.33. The Bertz CT molecular complexity index is 1530. The van der Waals surface area contributed by atoms with Crippen LogP contribution >= 0.6 is 0 Å². The largest absolute Gasteiger partial charge is 0.497 e. The number of aromatic nitrogens is 3. The second-order valence-corrected chi connectivity index (χ2v) is 13.0. The number of sulfonamides is 1. The predicted octanol–water partition coefficient (Wildman–Crippen LogP) is 5.51. The summed E-state index contributed by atoms with van der Waals surface area (Å²) in [5.41, 5.74) is 2.00. The first-order valence-corrected chi connectivity index (χ1v) is 15.6. The monoisotopic (exact) mass is 548 g/mol. The summed E-state index contributed by atoms with van der Waals surface area (Å²) in [6.45, 7) is 1.66. The van der Waals surface area contributed by atoms with Gasteiger partial charge in [-0.05, 0) is 80.8 Å². The number of hydrogen-bond donors (Lipinski definition) is 1. The first kappa shape index (κ1) is 26.1. The molecule has 0 radical (unpaired) electrons. The second-order valence-electron chi connectivity index (χ2n) is 11.0. The van der Waals surface area contributed by atoms with Crippen LogP contribution in [0.3, 0.4) is 0 Å². The molecule has 0 bridgehead atoms. The average molecular weight is 549 g/mol. The lowest BCUT2D eigenvalue weighted by molar-refractivity contribution is 0.179. The highest BCUT2D eigenvalue weighted by molar-refractivity contribution is 7.89. The molecule has 6 rings (SSSR count). The molecule has 2 aliphatic rings. The van der Waals surface area contributed by atoms with Crippen molar-refractivity contribution in [1.82, 2.24) is 19.3 Å². The molecule has 4 aromatic rings. The first-order valence-electron chi connectivity index (χ1n) is 14.0. The molecule has 4 heterocycles. The summed E-state index contributed by atoms with van der Waals surface area (Å²) in [4.78, 5) is 12.5. The third kappa shape index (κ3) is 5.61. The maximum atomic E-state index is 13.4. The summed E-state index contributed by atoms with van der Waals surface area (Å²) in [5, 5.41) is 3.39. The minimum absolute atomic E-state index is 0.186. The molecule has 8 nitrogen and oxygen atoms in total. The predicted molar refractivity (Wildman–Crippen MR) is 153 cm³/mol. The van der Waals surface area contributed by atoms with E-state index in [0.717, 1.165) is 72.1 Å². The van der Waals surface area contributed by atoms with E-state index in [9.17, 15) is 8.42 Å². The van der Waals surface area contributed by atoms with Crippen molar-refractivity contribution in [1.29, 1.82) is 0 Å². The molecule has 9 heteroatoms. The fraction of sp³-hybridized carbons (Fsp3) is 0.467. The van der Waals surface area contributed by atoms with E-state index in [1.807, 2.05) is 48.9 Å². The van der Waals surface area contributed by atoms with Gasteiger partial charge >= 0.3 is 0 Å². The van der Waals surface area contributed by atoms with Crippen molar-refractivity contribution in [3.8, 4) is 11.5 Å². The molecular weight excluding hydrogens is 512 g/mol. The average Bonchev–Trinajstić information content (AvgIpc) is 3.46.